The average Bonchev–Trinajstić information content (AvgIpc) is 2.39. The molecular formula is C10H12N2. The fourth-order valence-electron chi connectivity index (χ4n) is 1.40. The Morgan fingerprint density at radius 2 is 1.92 bits per heavy atom. The molecule has 2 rings (SSSR count). The summed E-state index contributed by atoms with van der Waals surface area (Å²) < 4.78 is 1.99. The second-order valence-corrected chi connectivity index (χ2v) is 3.22. The molecule has 0 aromatic carbocycles. The first-order valence-corrected chi connectivity index (χ1v) is 4.11. The number of aryl methyl sites for hydroxylation is 3. The van der Waals surface area contributed by atoms with Crippen LogP contribution in [0.4, 0.5) is 0 Å². The van der Waals surface area contributed by atoms with Crippen LogP contribution in [0.25, 0.3) is 5.52 Å². The molecule has 2 aromatic rings. The minimum Gasteiger partial charge on any atom is -0.238 e. The van der Waals surface area contributed by atoms with Crippen molar-refractivity contribution in [2.24, 2.45) is 0 Å². The summed E-state index contributed by atoms with van der Waals surface area (Å²) in [5, 5.41) is 4.39. The molecule has 0 bridgehead atoms. The number of hydrogen-bond donors (Lipinski definition) is 0. The van der Waals surface area contributed by atoms with Gasteiger partial charge in [-0.05, 0) is 38.5 Å². The van der Waals surface area contributed by atoms with E-state index in [4.69, 9.17) is 0 Å². The van der Waals surface area contributed by atoms with Crippen molar-refractivity contribution >= 4 is 5.52 Å². The highest BCUT2D eigenvalue weighted by Crippen LogP contribution is 2.11. The summed E-state index contributed by atoms with van der Waals surface area (Å²) in [7, 11) is 0. The van der Waals surface area contributed by atoms with Gasteiger partial charge in [-0.1, -0.05) is 6.07 Å². The van der Waals surface area contributed by atoms with Crippen molar-refractivity contribution < 1.29 is 0 Å². The summed E-state index contributed by atoms with van der Waals surface area (Å²) in [6, 6.07) is 6.32. The summed E-state index contributed by atoms with van der Waals surface area (Å²) in [6.07, 6.45) is 0. The highest BCUT2D eigenvalue weighted by Gasteiger charge is 2.01. The Labute approximate surface area is 71.8 Å². The lowest BCUT2D eigenvalue weighted by Crippen LogP contribution is -1.95. The molecule has 0 amide bonds. The Morgan fingerprint density at radius 1 is 1.17 bits per heavy atom. The molecule has 0 aliphatic heterocycles. The largest absolute Gasteiger partial charge is 0.238 e. The molecule has 0 fully saturated rings. The van der Waals surface area contributed by atoms with Gasteiger partial charge in [-0.25, -0.2) is 4.52 Å². The maximum atomic E-state index is 4.39. The number of fused-ring (bicyclic) bond motifs is 1. The summed E-state index contributed by atoms with van der Waals surface area (Å²) in [4.78, 5) is 0. The third kappa shape index (κ3) is 0.916. The van der Waals surface area contributed by atoms with Gasteiger partial charge in [0.25, 0.3) is 0 Å². The molecule has 12 heavy (non-hydrogen) atoms. The first-order chi connectivity index (χ1) is 5.68. The minimum atomic E-state index is 1.07. The van der Waals surface area contributed by atoms with E-state index in [0.717, 1.165) is 5.69 Å². The van der Waals surface area contributed by atoms with E-state index in [0.29, 0.717) is 0 Å². The Hall–Kier alpha value is -1.31. The maximum Gasteiger partial charge on any atom is 0.0667 e. The second kappa shape index (κ2) is 2.34. The summed E-state index contributed by atoms with van der Waals surface area (Å²) >= 11 is 0. The van der Waals surface area contributed by atoms with Crippen LogP contribution in [0.15, 0.2) is 18.2 Å². The molecule has 0 saturated carbocycles. The van der Waals surface area contributed by atoms with Crippen molar-refractivity contribution in [3.8, 4) is 0 Å². The van der Waals surface area contributed by atoms with Gasteiger partial charge in [0.05, 0.1) is 11.2 Å². The van der Waals surface area contributed by atoms with Crippen LogP contribution in [0.5, 0.6) is 0 Å². The van der Waals surface area contributed by atoms with E-state index < -0.39 is 0 Å². The quantitative estimate of drug-likeness (QED) is 0.577. The third-order valence-electron chi connectivity index (χ3n) is 2.25. The van der Waals surface area contributed by atoms with E-state index >= 15 is 0 Å². The van der Waals surface area contributed by atoms with Crippen molar-refractivity contribution in [3.63, 3.8) is 0 Å². The molecule has 0 atom stereocenters. The van der Waals surface area contributed by atoms with E-state index in [1.165, 1.54) is 16.8 Å². The van der Waals surface area contributed by atoms with Gasteiger partial charge in [-0.15, -0.1) is 0 Å². The first kappa shape index (κ1) is 7.35. The van der Waals surface area contributed by atoms with Gasteiger partial charge in [0, 0.05) is 5.69 Å². The van der Waals surface area contributed by atoms with Crippen molar-refractivity contribution in [1.29, 1.82) is 0 Å². The zero-order valence-corrected chi connectivity index (χ0v) is 7.63. The molecule has 0 saturated heterocycles. The van der Waals surface area contributed by atoms with Crippen molar-refractivity contribution in [2.45, 2.75) is 20.8 Å². The Bertz CT molecular complexity index is 427. The summed E-state index contributed by atoms with van der Waals surface area (Å²) in [5.41, 5.74) is 4.76. The molecule has 2 aromatic heterocycles. The van der Waals surface area contributed by atoms with Crippen LogP contribution in [-0.2, 0) is 0 Å². The zero-order valence-electron chi connectivity index (χ0n) is 7.63. The Morgan fingerprint density at radius 3 is 2.67 bits per heavy atom. The number of aromatic nitrogens is 2. The topological polar surface area (TPSA) is 17.3 Å². The van der Waals surface area contributed by atoms with E-state index in [-0.39, 0.29) is 0 Å². The van der Waals surface area contributed by atoms with E-state index in [1.54, 1.807) is 0 Å². The molecule has 2 heteroatoms. The number of rotatable bonds is 0. The van der Waals surface area contributed by atoms with Crippen molar-refractivity contribution in [3.05, 3.63) is 35.2 Å². The Balaban J connectivity index is 2.89. The van der Waals surface area contributed by atoms with Gasteiger partial charge in [0.1, 0.15) is 0 Å². The van der Waals surface area contributed by atoms with E-state index in [2.05, 4.69) is 37.1 Å². The van der Waals surface area contributed by atoms with Gasteiger partial charge >= 0.3 is 0 Å². The molecule has 0 spiro atoms. The molecular weight excluding hydrogens is 148 g/mol. The van der Waals surface area contributed by atoms with Crippen LogP contribution in [0.1, 0.15) is 17.0 Å². The molecule has 62 valence electrons. The number of nitrogens with zero attached hydrogens (tertiary/aromatic N) is 2. The molecule has 0 unspecified atom stereocenters. The second-order valence-electron chi connectivity index (χ2n) is 3.22. The van der Waals surface area contributed by atoms with Crippen molar-refractivity contribution in [2.75, 3.05) is 0 Å². The minimum absolute atomic E-state index is 1.07. The lowest BCUT2D eigenvalue weighted by molar-refractivity contribution is 0.883. The molecule has 2 heterocycles. The molecule has 2 nitrogen and oxygen atoms in total. The molecule has 0 aliphatic carbocycles. The van der Waals surface area contributed by atoms with Crippen LogP contribution >= 0.6 is 0 Å². The van der Waals surface area contributed by atoms with Crippen molar-refractivity contribution in [1.82, 2.24) is 9.61 Å². The van der Waals surface area contributed by atoms with Crippen LogP contribution < -0.4 is 0 Å². The predicted molar refractivity (Wildman–Crippen MR) is 49.4 cm³/mol. The summed E-state index contributed by atoms with van der Waals surface area (Å²) in [5.74, 6) is 0. The molecule has 0 aliphatic rings. The highest BCUT2D eigenvalue weighted by atomic mass is 15.2. The predicted octanol–water partition coefficient (Wildman–Crippen LogP) is 2.26. The fourth-order valence-corrected chi connectivity index (χ4v) is 1.40. The monoisotopic (exact) mass is 160 g/mol. The smallest absolute Gasteiger partial charge is 0.0667 e. The average molecular weight is 160 g/mol. The number of hydrogen-bond acceptors (Lipinski definition) is 1. The SMILES string of the molecule is Cc1cc2ccc(C)c(C)n2n1. The van der Waals surface area contributed by atoms with Gasteiger partial charge in [-0.3, -0.25) is 0 Å². The van der Waals surface area contributed by atoms with E-state index in [1.807, 2.05) is 11.4 Å². The lowest BCUT2D eigenvalue weighted by Gasteiger charge is -2.01. The normalized spacial score (nSPS) is 10.9. The van der Waals surface area contributed by atoms with E-state index in [9.17, 15) is 0 Å². The fraction of sp³-hybridized carbons (Fsp3) is 0.300. The van der Waals surface area contributed by atoms with Gasteiger partial charge < -0.3 is 0 Å². The third-order valence-corrected chi connectivity index (χ3v) is 2.25. The van der Waals surface area contributed by atoms with Gasteiger partial charge in [0.15, 0.2) is 0 Å². The molecule has 0 radical (unpaired) electrons. The lowest BCUT2D eigenvalue weighted by atomic mass is 10.2. The van der Waals surface area contributed by atoms with Crippen LogP contribution in [0.2, 0.25) is 0 Å². The first-order valence-electron chi connectivity index (χ1n) is 4.11. The maximum absolute atomic E-state index is 4.39. The Kier molecular flexibility index (Phi) is 1.43. The zero-order chi connectivity index (χ0) is 8.72. The number of pyridine rings is 1. The summed E-state index contributed by atoms with van der Waals surface area (Å²) in [6.45, 7) is 6.21. The van der Waals surface area contributed by atoms with Crippen LogP contribution in [-0.4, -0.2) is 9.61 Å². The van der Waals surface area contributed by atoms with Crippen LogP contribution in [0.3, 0.4) is 0 Å². The molecule has 0 N–H and O–H groups in total. The van der Waals surface area contributed by atoms with Crippen LogP contribution in [0, 0.1) is 20.8 Å². The van der Waals surface area contributed by atoms with Gasteiger partial charge in [0.2, 0.25) is 0 Å². The highest BCUT2D eigenvalue weighted by molar-refractivity contribution is 5.49. The standard InChI is InChI=1S/C10H12N2/c1-7-4-5-10-6-8(2)11-12(10)9(7)3/h4-6H,1-3H3. The van der Waals surface area contributed by atoms with Gasteiger partial charge in [-0.2, -0.15) is 5.10 Å².